The van der Waals surface area contributed by atoms with Crippen LogP contribution in [0.15, 0.2) is 51.6 Å². The van der Waals surface area contributed by atoms with Gasteiger partial charge in [0.05, 0.1) is 19.9 Å². The van der Waals surface area contributed by atoms with Gasteiger partial charge in [0.15, 0.2) is 11.5 Å². The molecular formula is C18H18N2O5. The second kappa shape index (κ2) is 7.57. The van der Waals surface area contributed by atoms with Crippen LogP contribution in [0.4, 0.5) is 0 Å². The van der Waals surface area contributed by atoms with Gasteiger partial charge in [-0.05, 0) is 43.3 Å². The van der Waals surface area contributed by atoms with E-state index in [9.17, 15) is 4.79 Å². The highest BCUT2D eigenvalue weighted by atomic mass is 16.5. The zero-order valence-electron chi connectivity index (χ0n) is 13.9. The predicted octanol–water partition coefficient (Wildman–Crippen LogP) is 3.06. The van der Waals surface area contributed by atoms with Crippen molar-refractivity contribution in [1.82, 2.24) is 10.5 Å². The second-order valence-electron chi connectivity index (χ2n) is 5.22. The summed E-state index contributed by atoms with van der Waals surface area (Å²) in [6, 6.07) is 10.7. The van der Waals surface area contributed by atoms with Crippen LogP contribution in [0, 0.1) is 6.92 Å². The summed E-state index contributed by atoms with van der Waals surface area (Å²) in [5.41, 5.74) is 0.746. The minimum Gasteiger partial charge on any atom is -0.497 e. The molecule has 7 heteroatoms. The Balaban J connectivity index is 1.55. The summed E-state index contributed by atoms with van der Waals surface area (Å²) >= 11 is 0. The van der Waals surface area contributed by atoms with Gasteiger partial charge in [-0.2, -0.15) is 0 Å². The maximum atomic E-state index is 12.4. The van der Waals surface area contributed by atoms with Crippen molar-refractivity contribution >= 4 is 5.91 Å². The maximum Gasteiger partial charge on any atom is 0.257 e. The summed E-state index contributed by atoms with van der Waals surface area (Å²) in [7, 11) is 1.61. The fourth-order valence-corrected chi connectivity index (χ4v) is 2.31. The number of aryl methyl sites for hydroxylation is 1. The lowest BCUT2D eigenvalue weighted by atomic mass is 10.1. The molecule has 0 aliphatic carbocycles. The Kier molecular flexibility index (Phi) is 5.03. The van der Waals surface area contributed by atoms with Gasteiger partial charge in [0.1, 0.15) is 29.4 Å². The van der Waals surface area contributed by atoms with Crippen LogP contribution in [0.5, 0.6) is 11.5 Å². The monoisotopic (exact) mass is 342 g/mol. The number of rotatable bonds is 7. The predicted molar refractivity (Wildman–Crippen MR) is 89.8 cm³/mol. The highest BCUT2D eigenvalue weighted by molar-refractivity contribution is 6.00. The Labute approximate surface area is 144 Å². The molecule has 2 heterocycles. The molecule has 0 aliphatic rings. The zero-order valence-corrected chi connectivity index (χ0v) is 13.9. The van der Waals surface area contributed by atoms with Crippen molar-refractivity contribution < 1.29 is 23.2 Å². The van der Waals surface area contributed by atoms with Gasteiger partial charge in [0, 0.05) is 0 Å². The number of nitrogens with one attached hydrogen (secondary N) is 1. The number of carbonyl (C=O) groups excluding carboxylic acids is 1. The van der Waals surface area contributed by atoms with Crippen molar-refractivity contribution in [3.8, 4) is 23.0 Å². The quantitative estimate of drug-likeness (QED) is 0.664. The zero-order chi connectivity index (χ0) is 17.6. The molecular weight excluding hydrogens is 324 g/mol. The van der Waals surface area contributed by atoms with Gasteiger partial charge in [-0.25, -0.2) is 0 Å². The van der Waals surface area contributed by atoms with Gasteiger partial charge in [-0.1, -0.05) is 5.16 Å². The molecule has 0 radical (unpaired) electrons. The van der Waals surface area contributed by atoms with E-state index in [2.05, 4.69) is 10.5 Å². The molecule has 130 valence electrons. The van der Waals surface area contributed by atoms with Crippen molar-refractivity contribution in [3.05, 3.63) is 54.0 Å². The van der Waals surface area contributed by atoms with E-state index in [1.54, 1.807) is 38.3 Å². The number of nitrogens with zero attached hydrogens (tertiary/aromatic N) is 1. The number of ether oxygens (including phenoxy) is 2. The molecule has 1 aromatic carbocycles. The van der Waals surface area contributed by atoms with E-state index in [1.165, 1.54) is 6.26 Å². The molecule has 0 spiro atoms. The Morgan fingerprint density at radius 2 is 1.96 bits per heavy atom. The SMILES string of the molecule is COc1ccc(OCCNC(=O)c2c(-c3ccco3)noc2C)cc1. The number of benzene rings is 1. The van der Waals surface area contributed by atoms with E-state index in [1.807, 2.05) is 12.1 Å². The summed E-state index contributed by atoms with van der Waals surface area (Å²) in [4.78, 5) is 12.4. The Bertz CT molecular complexity index is 822. The van der Waals surface area contributed by atoms with Crippen molar-refractivity contribution in [3.63, 3.8) is 0 Å². The van der Waals surface area contributed by atoms with Crippen LogP contribution in [0.1, 0.15) is 16.1 Å². The number of hydrogen-bond donors (Lipinski definition) is 1. The van der Waals surface area contributed by atoms with Gasteiger partial charge in [0.25, 0.3) is 5.91 Å². The summed E-state index contributed by atoms with van der Waals surface area (Å²) in [5, 5.41) is 6.69. The lowest BCUT2D eigenvalue weighted by molar-refractivity contribution is 0.0946. The van der Waals surface area contributed by atoms with Crippen LogP contribution >= 0.6 is 0 Å². The Morgan fingerprint density at radius 1 is 1.20 bits per heavy atom. The topological polar surface area (TPSA) is 86.7 Å². The minimum atomic E-state index is -0.288. The van der Waals surface area contributed by atoms with Crippen molar-refractivity contribution in [2.24, 2.45) is 0 Å². The summed E-state index contributed by atoms with van der Waals surface area (Å²) < 4.78 is 21.1. The first-order valence-corrected chi connectivity index (χ1v) is 7.74. The average molecular weight is 342 g/mol. The largest absolute Gasteiger partial charge is 0.497 e. The van der Waals surface area contributed by atoms with Crippen LogP contribution in [0.2, 0.25) is 0 Å². The van der Waals surface area contributed by atoms with E-state index < -0.39 is 0 Å². The number of hydrogen-bond acceptors (Lipinski definition) is 6. The number of aromatic nitrogens is 1. The first-order chi connectivity index (χ1) is 12.2. The molecule has 1 N–H and O–H groups in total. The fourth-order valence-electron chi connectivity index (χ4n) is 2.31. The Morgan fingerprint density at radius 3 is 2.64 bits per heavy atom. The maximum absolute atomic E-state index is 12.4. The molecule has 3 aromatic rings. The van der Waals surface area contributed by atoms with Gasteiger partial charge >= 0.3 is 0 Å². The van der Waals surface area contributed by atoms with Crippen LogP contribution in [-0.4, -0.2) is 31.3 Å². The van der Waals surface area contributed by atoms with Gasteiger partial charge < -0.3 is 23.7 Å². The number of amides is 1. The third-order valence-electron chi connectivity index (χ3n) is 3.56. The van der Waals surface area contributed by atoms with Crippen LogP contribution in [0.25, 0.3) is 11.5 Å². The molecule has 1 amide bonds. The van der Waals surface area contributed by atoms with Crippen LogP contribution in [0.3, 0.4) is 0 Å². The number of methoxy groups -OCH3 is 1. The molecule has 0 unspecified atom stereocenters. The smallest absolute Gasteiger partial charge is 0.257 e. The Hall–Kier alpha value is -3.22. The van der Waals surface area contributed by atoms with Crippen LogP contribution < -0.4 is 14.8 Å². The third kappa shape index (κ3) is 3.82. The minimum absolute atomic E-state index is 0.288. The lowest BCUT2D eigenvalue weighted by Crippen LogP contribution is -2.28. The van der Waals surface area contributed by atoms with Gasteiger partial charge in [-0.3, -0.25) is 4.79 Å². The van der Waals surface area contributed by atoms with E-state index in [0.29, 0.717) is 41.7 Å². The molecule has 0 aliphatic heterocycles. The molecule has 0 bridgehead atoms. The average Bonchev–Trinajstić information content (AvgIpc) is 3.28. The molecule has 7 nitrogen and oxygen atoms in total. The first-order valence-electron chi connectivity index (χ1n) is 7.74. The summed E-state index contributed by atoms with van der Waals surface area (Å²) in [6.45, 7) is 2.35. The molecule has 0 fully saturated rings. The lowest BCUT2D eigenvalue weighted by Gasteiger charge is -2.08. The number of carbonyl (C=O) groups is 1. The molecule has 2 aromatic heterocycles. The summed E-state index contributed by atoms with van der Waals surface area (Å²) in [6.07, 6.45) is 1.52. The second-order valence-corrected chi connectivity index (χ2v) is 5.22. The summed E-state index contributed by atoms with van der Waals surface area (Å²) in [5.74, 6) is 2.08. The first kappa shape index (κ1) is 16.6. The molecule has 0 saturated carbocycles. The number of furan rings is 1. The highest BCUT2D eigenvalue weighted by Gasteiger charge is 2.22. The van der Waals surface area contributed by atoms with Crippen molar-refractivity contribution in [2.75, 3.05) is 20.3 Å². The third-order valence-corrected chi connectivity index (χ3v) is 3.56. The molecule has 0 saturated heterocycles. The molecule has 25 heavy (non-hydrogen) atoms. The van der Waals surface area contributed by atoms with Crippen molar-refractivity contribution in [2.45, 2.75) is 6.92 Å². The van der Waals surface area contributed by atoms with Crippen molar-refractivity contribution in [1.29, 1.82) is 0 Å². The fraction of sp³-hybridized carbons (Fsp3) is 0.222. The van der Waals surface area contributed by atoms with E-state index in [0.717, 1.165) is 5.75 Å². The van der Waals surface area contributed by atoms with Crippen LogP contribution in [-0.2, 0) is 0 Å². The van der Waals surface area contributed by atoms with E-state index in [4.69, 9.17) is 18.4 Å². The van der Waals surface area contributed by atoms with E-state index >= 15 is 0 Å². The molecule has 0 atom stereocenters. The highest BCUT2D eigenvalue weighted by Crippen LogP contribution is 2.25. The van der Waals surface area contributed by atoms with Gasteiger partial charge in [-0.15, -0.1) is 0 Å². The normalized spacial score (nSPS) is 10.5. The molecule has 3 rings (SSSR count). The van der Waals surface area contributed by atoms with Gasteiger partial charge in [0.2, 0.25) is 0 Å². The van der Waals surface area contributed by atoms with E-state index in [-0.39, 0.29) is 5.91 Å². The standard InChI is InChI=1S/C18H18N2O5/c1-12-16(17(20-25-12)15-4-3-10-24-15)18(21)19-9-11-23-14-7-5-13(22-2)6-8-14/h3-8,10H,9,11H2,1-2H3,(H,19,21).